The maximum Gasteiger partial charge on any atom is 0.308 e. The van der Waals surface area contributed by atoms with E-state index in [4.69, 9.17) is 14.2 Å². The Balaban J connectivity index is 1.69. The highest BCUT2D eigenvalue weighted by atomic mass is 32.1. The van der Waals surface area contributed by atoms with Crippen LogP contribution in [0.5, 0.6) is 11.5 Å². The standard InChI is InChI=1S/C26H27N3O6S/c1-5-34-19-10-9-16(12-20(19)33-4)18(14-22(30)35-6-2)27-24(31)21-13-17-25(36-21)28-23-15(3)8-7-11-29(23)26(17)32/h7-13,18H,5-6,14H2,1-4H3,(H,27,31). The van der Waals surface area contributed by atoms with Gasteiger partial charge in [0.25, 0.3) is 11.5 Å². The summed E-state index contributed by atoms with van der Waals surface area (Å²) in [7, 11) is 1.52. The first-order valence-electron chi connectivity index (χ1n) is 11.5. The minimum atomic E-state index is -0.693. The third kappa shape index (κ3) is 5.03. The van der Waals surface area contributed by atoms with Gasteiger partial charge in [0.15, 0.2) is 11.5 Å². The number of aromatic nitrogens is 2. The van der Waals surface area contributed by atoms with Gasteiger partial charge in [-0.1, -0.05) is 12.1 Å². The summed E-state index contributed by atoms with van der Waals surface area (Å²) < 4.78 is 17.6. The lowest BCUT2D eigenvalue weighted by molar-refractivity contribution is -0.143. The number of amides is 1. The number of ether oxygens (including phenoxy) is 3. The quantitative estimate of drug-likeness (QED) is 0.339. The van der Waals surface area contributed by atoms with E-state index in [1.165, 1.54) is 11.5 Å². The predicted molar refractivity (Wildman–Crippen MR) is 137 cm³/mol. The van der Waals surface area contributed by atoms with Crippen LogP contribution in [-0.2, 0) is 9.53 Å². The van der Waals surface area contributed by atoms with Crippen LogP contribution in [0.4, 0.5) is 0 Å². The molecular weight excluding hydrogens is 482 g/mol. The molecule has 10 heteroatoms. The minimum absolute atomic E-state index is 0.0778. The van der Waals surface area contributed by atoms with Crippen LogP contribution in [0.1, 0.15) is 47.1 Å². The van der Waals surface area contributed by atoms with Gasteiger partial charge in [-0.2, -0.15) is 0 Å². The van der Waals surface area contributed by atoms with E-state index in [0.717, 1.165) is 16.9 Å². The number of fused-ring (bicyclic) bond motifs is 2. The molecule has 0 radical (unpaired) electrons. The number of esters is 1. The fourth-order valence-electron chi connectivity index (χ4n) is 3.91. The lowest BCUT2D eigenvalue weighted by Crippen LogP contribution is -2.30. The lowest BCUT2D eigenvalue weighted by atomic mass is 10.0. The van der Waals surface area contributed by atoms with Crippen molar-refractivity contribution in [2.45, 2.75) is 33.2 Å². The van der Waals surface area contributed by atoms with Crippen molar-refractivity contribution in [3.8, 4) is 11.5 Å². The number of pyridine rings is 1. The van der Waals surface area contributed by atoms with E-state index >= 15 is 0 Å². The number of hydrogen-bond donors (Lipinski definition) is 1. The molecule has 0 saturated heterocycles. The highest BCUT2D eigenvalue weighted by Crippen LogP contribution is 2.32. The normalized spacial score (nSPS) is 11.9. The Morgan fingerprint density at radius 3 is 2.67 bits per heavy atom. The molecule has 0 spiro atoms. The molecule has 1 unspecified atom stereocenters. The second kappa shape index (κ2) is 10.8. The van der Waals surface area contributed by atoms with Crippen molar-refractivity contribution in [2.75, 3.05) is 20.3 Å². The zero-order valence-electron chi connectivity index (χ0n) is 20.5. The molecule has 3 aromatic heterocycles. The molecular formula is C26H27N3O6S. The number of nitrogens with one attached hydrogen (secondary N) is 1. The van der Waals surface area contributed by atoms with E-state index in [-0.39, 0.29) is 18.6 Å². The van der Waals surface area contributed by atoms with Crippen molar-refractivity contribution in [3.05, 3.63) is 69.0 Å². The van der Waals surface area contributed by atoms with E-state index in [1.54, 1.807) is 43.5 Å². The predicted octanol–water partition coefficient (Wildman–Crippen LogP) is 4.05. The van der Waals surface area contributed by atoms with Gasteiger partial charge in [0, 0.05) is 6.20 Å². The molecule has 188 valence electrons. The van der Waals surface area contributed by atoms with Gasteiger partial charge < -0.3 is 19.5 Å². The zero-order chi connectivity index (χ0) is 25.8. The third-order valence-corrected chi connectivity index (χ3v) is 6.65. The molecule has 1 aromatic carbocycles. The summed E-state index contributed by atoms with van der Waals surface area (Å²) in [4.78, 5) is 44.0. The molecule has 0 fully saturated rings. The van der Waals surface area contributed by atoms with Crippen LogP contribution < -0.4 is 20.3 Å². The topological polar surface area (TPSA) is 108 Å². The summed E-state index contributed by atoms with van der Waals surface area (Å²) in [6.45, 7) is 6.16. The number of thiophene rings is 1. The Morgan fingerprint density at radius 2 is 1.94 bits per heavy atom. The largest absolute Gasteiger partial charge is 0.493 e. The monoisotopic (exact) mass is 509 g/mol. The molecule has 1 N–H and O–H groups in total. The Labute approximate surface area is 211 Å². The van der Waals surface area contributed by atoms with Gasteiger partial charge in [0.2, 0.25) is 0 Å². The van der Waals surface area contributed by atoms with Crippen molar-refractivity contribution in [1.82, 2.24) is 14.7 Å². The van der Waals surface area contributed by atoms with E-state index in [1.807, 2.05) is 19.9 Å². The molecule has 0 saturated carbocycles. The molecule has 0 bridgehead atoms. The van der Waals surface area contributed by atoms with E-state index in [0.29, 0.717) is 44.4 Å². The van der Waals surface area contributed by atoms with Crippen molar-refractivity contribution in [1.29, 1.82) is 0 Å². The minimum Gasteiger partial charge on any atom is -0.493 e. The Hall–Kier alpha value is -3.92. The SMILES string of the molecule is CCOC(=O)CC(NC(=O)c1cc2c(=O)n3cccc(C)c3nc2s1)c1ccc(OCC)c(OC)c1. The number of methoxy groups -OCH3 is 1. The van der Waals surface area contributed by atoms with Crippen LogP contribution in [0.2, 0.25) is 0 Å². The third-order valence-electron chi connectivity index (χ3n) is 5.63. The van der Waals surface area contributed by atoms with Gasteiger partial charge in [-0.15, -0.1) is 11.3 Å². The van der Waals surface area contributed by atoms with Crippen LogP contribution in [0, 0.1) is 6.92 Å². The average Bonchev–Trinajstić information content (AvgIpc) is 3.30. The maximum absolute atomic E-state index is 13.3. The first-order valence-corrected chi connectivity index (χ1v) is 12.4. The van der Waals surface area contributed by atoms with Crippen molar-refractivity contribution in [3.63, 3.8) is 0 Å². The van der Waals surface area contributed by atoms with E-state index < -0.39 is 17.9 Å². The molecule has 4 aromatic rings. The number of aryl methyl sites for hydroxylation is 1. The van der Waals surface area contributed by atoms with Gasteiger partial charge in [-0.3, -0.25) is 18.8 Å². The molecule has 3 heterocycles. The van der Waals surface area contributed by atoms with Crippen LogP contribution in [0.15, 0.2) is 47.4 Å². The zero-order valence-corrected chi connectivity index (χ0v) is 21.3. The summed E-state index contributed by atoms with van der Waals surface area (Å²) in [5.41, 5.74) is 1.81. The number of carbonyl (C=O) groups is 2. The van der Waals surface area contributed by atoms with Crippen molar-refractivity contribution in [2.24, 2.45) is 0 Å². The highest BCUT2D eigenvalue weighted by molar-refractivity contribution is 7.20. The summed E-state index contributed by atoms with van der Waals surface area (Å²) in [6, 6.07) is 9.74. The Morgan fingerprint density at radius 1 is 1.14 bits per heavy atom. The second-order valence-electron chi connectivity index (χ2n) is 8.01. The second-order valence-corrected chi connectivity index (χ2v) is 9.04. The summed E-state index contributed by atoms with van der Waals surface area (Å²) in [6.07, 6.45) is 1.58. The van der Waals surface area contributed by atoms with E-state index in [2.05, 4.69) is 10.3 Å². The molecule has 0 aliphatic heterocycles. The van der Waals surface area contributed by atoms with Crippen LogP contribution in [0.25, 0.3) is 15.9 Å². The number of benzene rings is 1. The summed E-state index contributed by atoms with van der Waals surface area (Å²) in [5, 5.41) is 3.27. The van der Waals surface area contributed by atoms with Crippen molar-refractivity contribution < 1.29 is 23.8 Å². The van der Waals surface area contributed by atoms with Gasteiger partial charge in [-0.25, -0.2) is 4.98 Å². The van der Waals surface area contributed by atoms with E-state index in [9.17, 15) is 14.4 Å². The first kappa shape index (κ1) is 25.2. The van der Waals surface area contributed by atoms with Crippen LogP contribution in [0.3, 0.4) is 0 Å². The lowest BCUT2D eigenvalue weighted by Gasteiger charge is -2.20. The fourth-order valence-corrected chi connectivity index (χ4v) is 4.84. The van der Waals surface area contributed by atoms with Gasteiger partial charge >= 0.3 is 5.97 Å². The molecule has 0 aliphatic carbocycles. The summed E-state index contributed by atoms with van der Waals surface area (Å²) in [5.74, 6) is 0.168. The highest BCUT2D eigenvalue weighted by Gasteiger charge is 2.23. The number of hydrogen-bond acceptors (Lipinski definition) is 8. The number of rotatable bonds is 9. The van der Waals surface area contributed by atoms with Crippen LogP contribution in [-0.4, -0.2) is 41.6 Å². The van der Waals surface area contributed by atoms with Gasteiger partial charge in [-0.05, 0) is 56.2 Å². The number of carbonyl (C=O) groups excluding carboxylic acids is 2. The number of nitrogens with zero attached hydrogens (tertiary/aromatic N) is 2. The maximum atomic E-state index is 13.3. The molecule has 9 nitrogen and oxygen atoms in total. The molecule has 0 aliphatic rings. The smallest absolute Gasteiger partial charge is 0.308 e. The van der Waals surface area contributed by atoms with Crippen molar-refractivity contribution >= 4 is 39.1 Å². The van der Waals surface area contributed by atoms with Gasteiger partial charge in [0.1, 0.15) is 10.5 Å². The summed E-state index contributed by atoms with van der Waals surface area (Å²) >= 11 is 1.13. The molecule has 36 heavy (non-hydrogen) atoms. The first-order chi connectivity index (χ1) is 17.4. The Kier molecular flexibility index (Phi) is 7.54. The molecule has 4 rings (SSSR count). The average molecular weight is 510 g/mol. The van der Waals surface area contributed by atoms with Gasteiger partial charge in [0.05, 0.1) is 43.0 Å². The van der Waals surface area contributed by atoms with Crippen LogP contribution >= 0.6 is 11.3 Å². The Bertz CT molecular complexity index is 1490. The molecule has 1 amide bonds. The molecule has 1 atom stereocenters. The fraction of sp³-hybridized carbons (Fsp3) is 0.308.